The molecule has 1 heterocycles. The Bertz CT molecular complexity index is 736. The summed E-state index contributed by atoms with van der Waals surface area (Å²) in [7, 11) is 1.65. The molecule has 0 bridgehead atoms. The highest BCUT2D eigenvalue weighted by atomic mass is 16.2. The lowest BCUT2D eigenvalue weighted by atomic mass is 10.1. The summed E-state index contributed by atoms with van der Waals surface area (Å²) in [5, 5.41) is 3.05. The first kappa shape index (κ1) is 14.6. The summed E-state index contributed by atoms with van der Waals surface area (Å²) in [4.78, 5) is 23.6. The van der Waals surface area contributed by atoms with E-state index < -0.39 is 0 Å². The Morgan fingerprint density at radius 2 is 1.95 bits per heavy atom. The molecule has 0 aliphatic heterocycles. The van der Waals surface area contributed by atoms with Crippen LogP contribution >= 0.6 is 0 Å². The van der Waals surface area contributed by atoms with E-state index >= 15 is 0 Å². The maximum Gasteiger partial charge on any atom is 0.252 e. The number of carbonyl (C=O) groups is 1. The number of amides is 1. The summed E-state index contributed by atoms with van der Waals surface area (Å²) >= 11 is 0. The molecule has 1 saturated carbocycles. The lowest BCUT2D eigenvalue weighted by Gasteiger charge is -2.14. The Morgan fingerprint density at radius 3 is 2.64 bits per heavy atom. The highest BCUT2D eigenvalue weighted by Gasteiger charge is 2.42. The predicted molar refractivity (Wildman–Crippen MR) is 85.9 cm³/mol. The molecular formula is C18H20N2O2. The zero-order chi connectivity index (χ0) is 15.7. The first-order chi connectivity index (χ1) is 10.6. The molecule has 1 amide bonds. The van der Waals surface area contributed by atoms with Gasteiger partial charge >= 0.3 is 0 Å². The van der Waals surface area contributed by atoms with Crippen molar-refractivity contribution in [3.63, 3.8) is 0 Å². The molecule has 0 unspecified atom stereocenters. The molecule has 1 N–H and O–H groups in total. The normalized spacial score (nSPS) is 21.2. The standard InChI is InChI=1S/C18H20N2O2/c1-12(15-10-16(15)13-6-4-3-5-7-13)19-18(22)14-8-9-17(21)20(2)11-14/h3-9,11-12,15-16H,10H2,1-2H3,(H,19,22)/t12-,15-,16+/m0/s1. The van der Waals surface area contributed by atoms with Crippen molar-refractivity contribution in [2.45, 2.75) is 25.3 Å². The number of aryl methyl sites for hydroxylation is 1. The first-order valence-corrected chi connectivity index (χ1v) is 7.59. The molecule has 114 valence electrons. The Morgan fingerprint density at radius 1 is 1.23 bits per heavy atom. The van der Waals surface area contributed by atoms with Crippen molar-refractivity contribution in [3.05, 3.63) is 70.1 Å². The molecule has 3 rings (SSSR count). The van der Waals surface area contributed by atoms with E-state index in [2.05, 4.69) is 29.6 Å². The van der Waals surface area contributed by atoms with E-state index in [1.807, 2.05) is 13.0 Å². The fourth-order valence-electron chi connectivity index (χ4n) is 2.98. The van der Waals surface area contributed by atoms with Crippen LogP contribution < -0.4 is 10.9 Å². The predicted octanol–water partition coefficient (Wildman–Crippen LogP) is 2.31. The summed E-state index contributed by atoms with van der Waals surface area (Å²) in [5.41, 5.74) is 1.75. The summed E-state index contributed by atoms with van der Waals surface area (Å²) in [5.74, 6) is 0.900. The van der Waals surface area contributed by atoms with Gasteiger partial charge in [0.1, 0.15) is 0 Å². The summed E-state index contributed by atoms with van der Waals surface area (Å²) in [6.45, 7) is 2.05. The molecule has 22 heavy (non-hydrogen) atoms. The first-order valence-electron chi connectivity index (χ1n) is 7.59. The molecule has 3 atom stereocenters. The average Bonchev–Trinajstić information content (AvgIpc) is 3.31. The molecule has 0 spiro atoms. The van der Waals surface area contributed by atoms with E-state index in [-0.39, 0.29) is 17.5 Å². The van der Waals surface area contributed by atoms with E-state index in [0.29, 0.717) is 17.4 Å². The number of pyridine rings is 1. The van der Waals surface area contributed by atoms with Crippen LogP contribution in [0.1, 0.15) is 35.2 Å². The van der Waals surface area contributed by atoms with Crippen molar-refractivity contribution in [1.82, 2.24) is 9.88 Å². The van der Waals surface area contributed by atoms with E-state index in [1.54, 1.807) is 19.3 Å². The van der Waals surface area contributed by atoms with Crippen LogP contribution in [0.15, 0.2) is 53.5 Å². The van der Waals surface area contributed by atoms with Gasteiger partial charge in [-0.15, -0.1) is 0 Å². The SMILES string of the molecule is C[C@H](NC(=O)c1ccc(=O)n(C)c1)[C@@H]1C[C@@H]1c1ccccc1. The van der Waals surface area contributed by atoms with Gasteiger partial charge in [0.05, 0.1) is 5.56 Å². The number of nitrogens with one attached hydrogen (secondary N) is 1. The Balaban J connectivity index is 1.63. The third-order valence-corrected chi connectivity index (χ3v) is 4.42. The van der Waals surface area contributed by atoms with Crippen LogP contribution in [-0.4, -0.2) is 16.5 Å². The second kappa shape index (κ2) is 5.79. The number of benzene rings is 1. The van der Waals surface area contributed by atoms with E-state index in [1.165, 1.54) is 16.2 Å². The van der Waals surface area contributed by atoms with Gasteiger partial charge in [-0.3, -0.25) is 9.59 Å². The number of hydrogen-bond donors (Lipinski definition) is 1. The molecule has 1 fully saturated rings. The number of hydrogen-bond acceptors (Lipinski definition) is 2. The van der Waals surface area contributed by atoms with Crippen molar-refractivity contribution >= 4 is 5.91 Å². The van der Waals surface area contributed by atoms with Crippen molar-refractivity contribution in [1.29, 1.82) is 0 Å². The van der Waals surface area contributed by atoms with Gasteiger partial charge in [0.15, 0.2) is 0 Å². The van der Waals surface area contributed by atoms with Crippen molar-refractivity contribution < 1.29 is 4.79 Å². The number of carbonyl (C=O) groups excluding carboxylic acids is 1. The fraction of sp³-hybridized carbons (Fsp3) is 0.333. The molecule has 4 heteroatoms. The molecule has 1 aliphatic carbocycles. The zero-order valence-corrected chi connectivity index (χ0v) is 12.8. The minimum Gasteiger partial charge on any atom is -0.349 e. The van der Waals surface area contributed by atoms with Gasteiger partial charge in [-0.2, -0.15) is 0 Å². The van der Waals surface area contributed by atoms with Gasteiger partial charge in [-0.05, 0) is 36.8 Å². The summed E-state index contributed by atoms with van der Waals surface area (Å²) < 4.78 is 1.42. The smallest absolute Gasteiger partial charge is 0.252 e. The lowest BCUT2D eigenvalue weighted by molar-refractivity contribution is 0.0934. The van der Waals surface area contributed by atoms with Crippen LogP contribution in [0.25, 0.3) is 0 Å². The molecule has 2 aromatic rings. The third-order valence-electron chi connectivity index (χ3n) is 4.42. The maximum absolute atomic E-state index is 12.3. The molecule has 0 saturated heterocycles. The summed E-state index contributed by atoms with van der Waals surface area (Å²) in [6, 6.07) is 13.5. The van der Waals surface area contributed by atoms with E-state index in [0.717, 1.165) is 6.42 Å². The highest BCUT2D eigenvalue weighted by Crippen LogP contribution is 2.49. The second-order valence-electron chi connectivity index (χ2n) is 6.05. The quantitative estimate of drug-likeness (QED) is 0.941. The van der Waals surface area contributed by atoms with Gasteiger partial charge in [0.25, 0.3) is 5.91 Å². The van der Waals surface area contributed by atoms with Gasteiger partial charge < -0.3 is 9.88 Å². The van der Waals surface area contributed by atoms with Gasteiger partial charge in [-0.1, -0.05) is 30.3 Å². The molecular weight excluding hydrogens is 276 g/mol. The Labute approximate surface area is 129 Å². The van der Waals surface area contributed by atoms with Crippen LogP contribution in [0.3, 0.4) is 0 Å². The lowest BCUT2D eigenvalue weighted by Crippen LogP contribution is -2.35. The van der Waals surface area contributed by atoms with Crippen LogP contribution in [0.2, 0.25) is 0 Å². The monoisotopic (exact) mass is 296 g/mol. The minimum atomic E-state index is -0.123. The van der Waals surface area contributed by atoms with E-state index in [9.17, 15) is 9.59 Å². The molecule has 1 aromatic carbocycles. The van der Waals surface area contributed by atoms with Gasteiger partial charge in [0.2, 0.25) is 5.56 Å². The fourth-order valence-corrected chi connectivity index (χ4v) is 2.98. The largest absolute Gasteiger partial charge is 0.349 e. The van der Waals surface area contributed by atoms with Gasteiger partial charge in [-0.25, -0.2) is 0 Å². The van der Waals surface area contributed by atoms with Crippen molar-refractivity contribution in [2.75, 3.05) is 0 Å². The van der Waals surface area contributed by atoms with Gasteiger partial charge in [0, 0.05) is 25.4 Å². The van der Waals surface area contributed by atoms with Crippen LogP contribution in [-0.2, 0) is 7.05 Å². The molecule has 0 radical (unpaired) electrons. The molecule has 4 nitrogen and oxygen atoms in total. The Hall–Kier alpha value is -2.36. The molecule has 1 aromatic heterocycles. The number of aromatic nitrogens is 1. The van der Waals surface area contributed by atoms with Crippen molar-refractivity contribution in [3.8, 4) is 0 Å². The van der Waals surface area contributed by atoms with Crippen LogP contribution in [0, 0.1) is 5.92 Å². The summed E-state index contributed by atoms with van der Waals surface area (Å²) in [6.07, 6.45) is 2.69. The third kappa shape index (κ3) is 2.96. The average molecular weight is 296 g/mol. The second-order valence-corrected chi connectivity index (χ2v) is 6.05. The number of rotatable bonds is 4. The Kier molecular flexibility index (Phi) is 3.84. The maximum atomic E-state index is 12.3. The topological polar surface area (TPSA) is 51.1 Å². The molecule has 1 aliphatic rings. The van der Waals surface area contributed by atoms with E-state index in [4.69, 9.17) is 0 Å². The zero-order valence-electron chi connectivity index (χ0n) is 12.8. The number of nitrogens with zero attached hydrogens (tertiary/aromatic N) is 1. The van der Waals surface area contributed by atoms with Crippen molar-refractivity contribution in [2.24, 2.45) is 13.0 Å². The van der Waals surface area contributed by atoms with Crippen LogP contribution in [0.4, 0.5) is 0 Å². The van der Waals surface area contributed by atoms with Crippen LogP contribution in [0.5, 0.6) is 0 Å². The highest BCUT2D eigenvalue weighted by molar-refractivity contribution is 5.94. The minimum absolute atomic E-state index is 0.115.